The van der Waals surface area contributed by atoms with E-state index < -0.39 is 0 Å². The van der Waals surface area contributed by atoms with E-state index in [1.807, 2.05) is 12.1 Å². The summed E-state index contributed by atoms with van der Waals surface area (Å²) in [5, 5.41) is 14.1. The highest BCUT2D eigenvalue weighted by Gasteiger charge is 2.09. The van der Waals surface area contributed by atoms with Crippen molar-refractivity contribution < 1.29 is 0 Å². The van der Waals surface area contributed by atoms with E-state index in [-0.39, 0.29) is 0 Å². The first-order chi connectivity index (χ1) is 10.2. The summed E-state index contributed by atoms with van der Waals surface area (Å²) >= 11 is 5.89. The Morgan fingerprint density at radius 1 is 1.14 bits per heavy atom. The van der Waals surface area contributed by atoms with Crippen molar-refractivity contribution in [3.05, 3.63) is 59.4 Å². The lowest BCUT2D eigenvalue weighted by atomic mass is 10.2. The Kier molecular flexibility index (Phi) is 3.30. The van der Waals surface area contributed by atoms with Gasteiger partial charge in [0.25, 0.3) is 0 Å². The van der Waals surface area contributed by atoms with E-state index >= 15 is 0 Å². The van der Waals surface area contributed by atoms with Gasteiger partial charge in [-0.2, -0.15) is 5.26 Å². The maximum atomic E-state index is 9.17. The van der Waals surface area contributed by atoms with Crippen molar-refractivity contribution in [3.8, 4) is 23.1 Å². The molecule has 0 unspecified atom stereocenters. The Morgan fingerprint density at radius 3 is 2.62 bits per heavy atom. The summed E-state index contributed by atoms with van der Waals surface area (Å²) in [5.41, 5.74) is 8.27. The number of anilines is 1. The minimum absolute atomic E-state index is 0.441. The van der Waals surface area contributed by atoms with Crippen LogP contribution in [0.2, 0.25) is 5.02 Å². The molecule has 0 aliphatic rings. The van der Waals surface area contributed by atoms with Gasteiger partial charge in [-0.25, -0.2) is 9.67 Å². The van der Waals surface area contributed by atoms with Crippen molar-refractivity contribution in [1.82, 2.24) is 14.8 Å². The number of nitrogens with zero attached hydrogens (tertiary/aromatic N) is 4. The number of nitriles is 1. The van der Waals surface area contributed by atoms with Gasteiger partial charge in [0.15, 0.2) is 5.82 Å². The molecule has 2 aromatic carbocycles. The molecule has 1 aromatic heterocycles. The number of halogens is 1. The van der Waals surface area contributed by atoms with E-state index in [1.165, 1.54) is 0 Å². The minimum Gasteiger partial charge on any atom is -0.399 e. The number of nitrogens with two attached hydrogens (primary N) is 1. The standard InChI is InChI=1S/C15H10ClN5/c16-12-3-6-14(11(7-12)8-17)21-9-19-15(20-21)10-1-4-13(18)5-2-10/h1-7,9H,18H2. The normalized spacial score (nSPS) is 10.3. The number of aromatic nitrogens is 3. The molecule has 2 N–H and O–H groups in total. The zero-order valence-corrected chi connectivity index (χ0v) is 11.6. The lowest BCUT2D eigenvalue weighted by Crippen LogP contribution is -1.98. The van der Waals surface area contributed by atoms with Crippen molar-refractivity contribution in [2.45, 2.75) is 0 Å². The summed E-state index contributed by atoms with van der Waals surface area (Å²) in [4.78, 5) is 4.26. The van der Waals surface area contributed by atoms with Gasteiger partial charge >= 0.3 is 0 Å². The first-order valence-corrected chi connectivity index (χ1v) is 6.53. The lowest BCUT2D eigenvalue weighted by molar-refractivity contribution is 0.879. The van der Waals surface area contributed by atoms with E-state index in [9.17, 15) is 5.26 Å². The minimum atomic E-state index is 0.441. The molecule has 0 atom stereocenters. The molecule has 0 amide bonds. The van der Waals surface area contributed by atoms with Gasteiger partial charge in [-0.05, 0) is 42.5 Å². The van der Waals surface area contributed by atoms with Crippen LogP contribution in [0.3, 0.4) is 0 Å². The third-order valence-electron chi connectivity index (χ3n) is 2.99. The van der Waals surface area contributed by atoms with Gasteiger partial charge in [0.1, 0.15) is 12.4 Å². The molecular weight excluding hydrogens is 286 g/mol. The van der Waals surface area contributed by atoms with Crippen LogP contribution in [0, 0.1) is 11.3 Å². The van der Waals surface area contributed by atoms with Gasteiger partial charge < -0.3 is 5.73 Å². The molecule has 0 aliphatic heterocycles. The molecule has 21 heavy (non-hydrogen) atoms. The van der Waals surface area contributed by atoms with Crippen LogP contribution in [0.1, 0.15) is 5.56 Å². The average molecular weight is 296 g/mol. The molecular formula is C15H10ClN5. The summed E-state index contributed by atoms with van der Waals surface area (Å²) in [6, 6.07) is 14.4. The van der Waals surface area contributed by atoms with E-state index in [0.29, 0.717) is 27.8 Å². The Labute approximate surface area is 126 Å². The molecule has 102 valence electrons. The molecule has 0 saturated carbocycles. The zero-order chi connectivity index (χ0) is 14.8. The second-order valence-electron chi connectivity index (χ2n) is 4.41. The van der Waals surface area contributed by atoms with Gasteiger partial charge in [0.2, 0.25) is 0 Å². The van der Waals surface area contributed by atoms with Crippen molar-refractivity contribution in [3.63, 3.8) is 0 Å². The highest BCUT2D eigenvalue weighted by atomic mass is 35.5. The quantitative estimate of drug-likeness (QED) is 0.737. The summed E-state index contributed by atoms with van der Waals surface area (Å²) in [7, 11) is 0. The third kappa shape index (κ3) is 2.57. The molecule has 6 heteroatoms. The zero-order valence-electron chi connectivity index (χ0n) is 10.9. The molecule has 0 radical (unpaired) electrons. The number of nitrogen functional groups attached to an aromatic ring is 1. The van der Waals surface area contributed by atoms with Gasteiger partial charge in [-0.3, -0.25) is 0 Å². The number of rotatable bonds is 2. The van der Waals surface area contributed by atoms with Crippen LogP contribution in [-0.4, -0.2) is 14.8 Å². The summed E-state index contributed by atoms with van der Waals surface area (Å²) in [6.45, 7) is 0. The molecule has 0 aliphatic carbocycles. The van der Waals surface area contributed by atoms with Crippen LogP contribution in [0.4, 0.5) is 5.69 Å². The van der Waals surface area contributed by atoms with E-state index in [0.717, 1.165) is 5.56 Å². The SMILES string of the molecule is N#Cc1cc(Cl)ccc1-n1cnc(-c2ccc(N)cc2)n1. The van der Waals surface area contributed by atoms with Gasteiger partial charge in [-0.1, -0.05) is 11.6 Å². The predicted octanol–water partition coefficient (Wildman–Crippen LogP) is 3.04. The highest BCUT2D eigenvalue weighted by molar-refractivity contribution is 6.30. The maximum absolute atomic E-state index is 9.17. The molecule has 0 fully saturated rings. The number of hydrogen-bond donors (Lipinski definition) is 1. The molecule has 3 rings (SSSR count). The average Bonchev–Trinajstić information content (AvgIpc) is 2.97. The Morgan fingerprint density at radius 2 is 1.90 bits per heavy atom. The van der Waals surface area contributed by atoms with Gasteiger partial charge in [0, 0.05) is 16.3 Å². The van der Waals surface area contributed by atoms with Crippen LogP contribution < -0.4 is 5.73 Å². The van der Waals surface area contributed by atoms with Crippen LogP contribution in [0.15, 0.2) is 48.8 Å². The Balaban J connectivity index is 2.03. The fourth-order valence-electron chi connectivity index (χ4n) is 1.94. The third-order valence-corrected chi connectivity index (χ3v) is 3.22. The fraction of sp³-hybridized carbons (Fsp3) is 0. The number of benzene rings is 2. The summed E-state index contributed by atoms with van der Waals surface area (Å²) in [6.07, 6.45) is 1.57. The van der Waals surface area contributed by atoms with E-state index in [4.69, 9.17) is 17.3 Å². The van der Waals surface area contributed by atoms with E-state index in [1.54, 1.807) is 41.3 Å². The predicted molar refractivity (Wildman–Crippen MR) is 80.9 cm³/mol. The van der Waals surface area contributed by atoms with E-state index in [2.05, 4.69) is 16.2 Å². The van der Waals surface area contributed by atoms with Crippen LogP contribution in [-0.2, 0) is 0 Å². The largest absolute Gasteiger partial charge is 0.399 e. The van der Waals surface area contributed by atoms with Gasteiger partial charge in [0.05, 0.1) is 11.3 Å². The smallest absolute Gasteiger partial charge is 0.181 e. The topological polar surface area (TPSA) is 80.5 Å². The molecule has 1 heterocycles. The molecule has 3 aromatic rings. The van der Waals surface area contributed by atoms with Crippen LogP contribution >= 0.6 is 11.6 Å². The monoisotopic (exact) mass is 295 g/mol. The van der Waals surface area contributed by atoms with Crippen LogP contribution in [0.5, 0.6) is 0 Å². The molecule has 0 saturated heterocycles. The van der Waals surface area contributed by atoms with Crippen molar-refractivity contribution >= 4 is 17.3 Å². The Hall–Kier alpha value is -2.84. The van der Waals surface area contributed by atoms with Crippen molar-refractivity contribution in [2.75, 3.05) is 5.73 Å². The van der Waals surface area contributed by atoms with Crippen molar-refractivity contribution in [1.29, 1.82) is 5.26 Å². The first kappa shape index (κ1) is 13.2. The maximum Gasteiger partial charge on any atom is 0.181 e. The summed E-state index contributed by atoms with van der Waals surface area (Å²) < 4.78 is 1.56. The number of hydrogen-bond acceptors (Lipinski definition) is 4. The van der Waals surface area contributed by atoms with Crippen LogP contribution in [0.25, 0.3) is 17.1 Å². The van der Waals surface area contributed by atoms with Crippen molar-refractivity contribution in [2.24, 2.45) is 0 Å². The Bertz CT molecular complexity index is 830. The second kappa shape index (κ2) is 5.27. The molecule has 0 bridgehead atoms. The highest BCUT2D eigenvalue weighted by Crippen LogP contribution is 2.21. The lowest BCUT2D eigenvalue weighted by Gasteiger charge is -2.03. The molecule has 0 spiro atoms. The fourth-order valence-corrected chi connectivity index (χ4v) is 2.11. The first-order valence-electron chi connectivity index (χ1n) is 6.15. The molecule has 5 nitrogen and oxygen atoms in total. The second-order valence-corrected chi connectivity index (χ2v) is 4.84. The summed E-state index contributed by atoms with van der Waals surface area (Å²) in [5.74, 6) is 0.564. The van der Waals surface area contributed by atoms with Gasteiger partial charge in [-0.15, -0.1) is 5.10 Å².